The van der Waals surface area contributed by atoms with Crippen molar-refractivity contribution < 1.29 is 19.5 Å². The van der Waals surface area contributed by atoms with Crippen molar-refractivity contribution in [2.24, 2.45) is 5.73 Å². The number of urea groups is 1. The van der Waals surface area contributed by atoms with Crippen molar-refractivity contribution in [2.45, 2.75) is 25.9 Å². The highest BCUT2D eigenvalue weighted by Crippen LogP contribution is 2.22. The molecule has 7 heteroatoms. The van der Waals surface area contributed by atoms with Gasteiger partial charge in [0.15, 0.2) is 0 Å². The molecule has 7 nitrogen and oxygen atoms in total. The summed E-state index contributed by atoms with van der Waals surface area (Å²) in [7, 11) is 0. The molecule has 0 saturated heterocycles. The van der Waals surface area contributed by atoms with Crippen LogP contribution in [0.2, 0.25) is 0 Å². The molecule has 1 aromatic carbocycles. The van der Waals surface area contributed by atoms with Crippen molar-refractivity contribution in [3.63, 3.8) is 0 Å². The molecule has 1 atom stereocenters. The lowest BCUT2D eigenvalue weighted by atomic mass is 9.94. The average molecular weight is 291 g/mol. The quantitative estimate of drug-likeness (QED) is 0.744. The van der Waals surface area contributed by atoms with Crippen LogP contribution in [-0.4, -0.2) is 40.5 Å². The maximum atomic E-state index is 12.0. The van der Waals surface area contributed by atoms with Crippen LogP contribution in [0.25, 0.3) is 0 Å². The van der Waals surface area contributed by atoms with E-state index in [4.69, 9.17) is 10.8 Å². The van der Waals surface area contributed by atoms with Gasteiger partial charge in [-0.1, -0.05) is 12.1 Å². The first-order valence-corrected chi connectivity index (χ1v) is 6.59. The van der Waals surface area contributed by atoms with Gasteiger partial charge in [-0.25, -0.2) is 9.59 Å². The van der Waals surface area contributed by atoms with Crippen LogP contribution in [-0.2, 0) is 17.8 Å². The van der Waals surface area contributed by atoms with Gasteiger partial charge in [-0.15, -0.1) is 0 Å². The summed E-state index contributed by atoms with van der Waals surface area (Å²) >= 11 is 0. The number of hydrogen-bond acceptors (Lipinski definition) is 3. The Labute approximate surface area is 121 Å². The second-order valence-electron chi connectivity index (χ2n) is 4.99. The number of nitrogens with two attached hydrogens (primary N) is 1. The molecule has 1 aliphatic heterocycles. The summed E-state index contributed by atoms with van der Waals surface area (Å²) in [4.78, 5) is 35.7. The topological polar surface area (TPSA) is 113 Å². The minimum absolute atomic E-state index is 0.276. The van der Waals surface area contributed by atoms with Crippen LogP contribution in [0.1, 0.15) is 28.4 Å². The number of primary amides is 1. The predicted octanol–water partition coefficient (Wildman–Crippen LogP) is 0.326. The molecule has 0 radical (unpaired) electrons. The highest BCUT2D eigenvalue weighted by Gasteiger charge is 2.25. The Morgan fingerprint density at radius 3 is 2.71 bits per heavy atom. The summed E-state index contributed by atoms with van der Waals surface area (Å²) in [6.07, 6.45) is 0.468. The van der Waals surface area contributed by atoms with Crippen molar-refractivity contribution in [1.82, 2.24) is 10.2 Å². The molecule has 4 N–H and O–H groups in total. The highest BCUT2D eigenvalue weighted by molar-refractivity contribution is 5.90. The van der Waals surface area contributed by atoms with E-state index in [1.165, 1.54) is 11.8 Å². The fraction of sp³-hybridized carbons (Fsp3) is 0.357. The maximum Gasteiger partial charge on any atom is 0.335 e. The van der Waals surface area contributed by atoms with Crippen LogP contribution in [0.15, 0.2) is 18.2 Å². The minimum Gasteiger partial charge on any atom is -0.478 e. The van der Waals surface area contributed by atoms with E-state index in [2.05, 4.69) is 5.32 Å². The lowest BCUT2D eigenvalue weighted by Gasteiger charge is -2.30. The third-order valence-corrected chi connectivity index (χ3v) is 3.55. The third-order valence-electron chi connectivity index (χ3n) is 3.55. The first kappa shape index (κ1) is 14.8. The molecule has 3 amide bonds. The van der Waals surface area contributed by atoms with Gasteiger partial charge in [0.2, 0.25) is 5.91 Å². The number of fused-ring (bicyclic) bond motifs is 1. The number of carboxylic acid groups (broad SMARTS) is 1. The van der Waals surface area contributed by atoms with Crippen molar-refractivity contribution in [3.8, 4) is 0 Å². The number of benzene rings is 1. The molecule has 1 unspecified atom stereocenters. The molecule has 0 fully saturated rings. The Kier molecular flexibility index (Phi) is 4.11. The van der Waals surface area contributed by atoms with Crippen LogP contribution in [0, 0.1) is 0 Å². The van der Waals surface area contributed by atoms with Gasteiger partial charge < -0.3 is 21.1 Å². The number of nitrogens with zero attached hydrogens (tertiary/aromatic N) is 1. The Morgan fingerprint density at radius 2 is 2.10 bits per heavy atom. The first-order valence-electron chi connectivity index (χ1n) is 6.59. The van der Waals surface area contributed by atoms with E-state index >= 15 is 0 Å². The maximum absolute atomic E-state index is 12.0. The second-order valence-corrected chi connectivity index (χ2v) is 4.99. The smallest absolute Gasteiger partial charge is 0.335 e. The van der Waals surface area contributed by atoms with E-state index in [0.29, 0.717) is 19.5 Å². The Morgan fingerprint density at radius 1 is 1.38 bits per heavy atom. The molecule has 0 aliphatic carbocycles. The molecule has 0 saturated carbocycles. The van der Waals surface area contributed by atoms with Crippen LogP contribution < -0.4 is 11.1 Å². The summed E-state index contributed by atoms with van der Waals surface area (Å²) < 4.78 is 0. The summed E-state index contributed by atoms with van der Waals surface area (Å²) in [5.74, 6) is -1.57. The van der Waals surface area contributed by atoms with Crippen LogP contribution in [0.4, 0.5) is 4.79 Å². The fourth-order valence-corrected chi connectivity index (χ4v) is 2.33. The van der Waals surface area contributed by atoms with E-state index in [0.717, 1.165) is 11.1 Å². The Balaban J connectivity index is 2.13. The van der Waals surface area contributed by atoms with Gasteiger partial charge in [0, 0.05) is 13.1 Å². The van der Waals surface area contributed by atoms with Crippen LogP contribution in [0.3, 0.4) is 0 Å². The Hall–Kier alpha value is -2.57. The van der Waals surface area contributed by atoms with Crippen molar-refractivity contribution in [1.29, 1.82) is 0 Å². The lowest BCUT2D eigenvalue weighted by Crippen LogP contribution is -2.49. The van der Waals surface area contributed by atoms with Crippen molar-refractivity contribution in [2.75, 3.05) is 6.54 Å². The zero-order chi connectivity index (χ0) is 15.6. The molecular formula is C14H17N3O4. The van der Waals surface area contributed by atoms with E-state index < -0.39 is 17.9 Å². The van der Waals surface area contributed by atoms with E-state index in [1.54, 1.807) is 18.2 Å². The Bertz CT molecular complexity index is 600. The number of carbonyl (C=O) groups excluding carboxylic acids is 2. The zero-order valence-corrected chi connectivity index (χ0v) is 11.6. The number of rotatable bonds is 3. The van der Waals surface area contributed by atoms with Gasteiger partial charge in [-0.2, -0.15) is 0 Å². The first-order chi connectivity index (χ1) is 9.90. The average Bonchev–Trinajstić information content (AvgIpc) is 2.45. The van der Waals surface area contributed by atoms with Crippen molar-refractivity contribution >= 4 is 17.9 Å². The largest absolute Gasteiger partial charge is 0.478 e. The molecule has 1 heterocycles. The molecule has 0 bridgehead atoms. The standard InChI is InChI=1S/C14H17N3O4/c1-8(12(15)18)16-14(21)17-6-5-10-9(7-17)3-2-4-11(10)13(19)20/h2-4,8H,5-7H2,1H3,(H2,15,18)(H,16,21)(H,19,20). The van der Waals surface area contributed by atoms with Gasteiger partial charge in [-0.05, 0) is 30.5 Å². The minimum atomic E-state index is -0.966. The number of carbonyl (C=O) groups is 3. The van der Waals surface area contributed by atoms with E-state index in [9.17, 15) is 14.4 Å². The number of nitrogens with one attached hydrogen (secondary N) is 1. The van der Waals surface area contributed by atoms with Gasteiger partial charge in [0.1, 0.15) is 6.04 Å². The van der Waals surface area contributed by atoms with E-state index in [1.807, 2.05) is 0 Å². The predicted molar refractivity (Wildman–Crippen MR) is 74.7 cm³/mol. The fourth-order valence-electron chi connectivity index (χ4n) is 2.33. The van der Waals surface area contributed by atoms with Crippen LogP contribution >= 0.6 is 0 Å². The molecule has 1 aliphatic rings. The monoisotopic (exact) mass is 291 g/mol. The number of aromatic carboxylic acids is 1. The van der Waals surface area contributed by atoms with Crippen LogP contribution in [0.5, 0.6) is 0 Å². The molecule has 21 heavy (non-hydrogen) atoms. The highest BCUT2D eigenvalue weighted by atomic mass is 16.4. The summed E-state index contributed by atoms with van der Waals surface area (Å²) in [6.45, 7) is 2.23. The number of amides is 3. The molecule has 0 aromatic heterocycles. The normalized spacial score (nSPS) is 15.0. The molecule has 1 aromatic rings. The van der Waals surface area contributed by atoms with Gasteiger partial charge >= 0.3 is 12.0 Å². The van der Waals surface area contributed by atoms with Gasteiger partial charge in [0.05, 0.1) is 5.56 Å². The summed E-state index contributed by atoms with van der Waals surface area (Å²) in [5, 5.41) is 11.7. The molecule has 2 rings (SSSR count). The van der Waals surface area contributed by atoms with Crippen molar-refractivity contribution in [3.05, 3.63) is 34.9 Å². The zero-order valence-electron chi connectivity index (χ0n) is 11.6. The SMILES string of the molecule is CC(NC(=O)N1CCc2c(cccc2C(=O)O)C1)C(N)=O. The second kappa shape index (κ2) is 5.82. The van der Waals surface area contributed by atoms with E-state index in [-0.39, 0.29) is 11.6 Å². The van der Waals surface area contributed by atoms with Gasteiger partial charge in [-0.3, -0.25) is 4.79 Å². The molecule has 112 valence electrons. The number of carboxylic acids is 1. The molecule has 0 spiro atoms. The summed E-state index contributed by atoms with van der Waals surface area (Å²) in [6, 6.07) is 3.90. The summed E-state index contributed by atoms with van der Waals surface area (Å²) in [5.41, 5.74) is 6.95. The lowest BCUT2D eigenvalue weighted by molar-refractivity contribution is -0.119. The molecular weight excluding hydrogens is 274 g/mol. The van der Waals surface area contributed by atoms with Gasteiger partial charge in [0.25, 0.3) is 0 Å². The number of hydrogen-bond donors (Lipinski definition) is 3. The third kappa shape index (κ3) is 3.13.